The monoisotopic (exact) mass is 265 g/mol. The van der Waals surface area contributed by atoms with Crippen LogP contribution in [0.1, 0.15) is 27.2 Å². The van der Waals surface area contributed by atoms with E-state index in [4.69, 9.17) is 0 Å². The molecule has 0 heterocycles. The number of rotatable bonds is 7. The number of hydrogen-bond donors (Lipinski definition) is 0. The molecule has 17 heavy (non-hydrogen) atoms. The van der Waals surface area contributed by atoms with Crippen LogP contribution in [0.15, 0.2) is 0 Å². The largest absolute Gasteiger partial charge is 0.469 e. The molecule has 0 rings (SSSR count). The van der Waals surface area contributed by atoms with E-state index in [1.807, 2.05) is 13.8 Å². The number of esters is 1. The molecule has 0 saturated heterocycles. The highest BCUT2D eigenvalue weighted by Crippen LogP contribution is 2.09. The van der Waals surface area contributed by atoms with Gasteiger partial charge in [-0.1, -0.05) is 20.8 Å². The van der Waals surface area contributed by atoms with Crippen LogP contribution in [0.3, 0.4) is 0 Å². The van der Waals surface area contributed by atoms with Crippen molar-refractivity contribution in [1.82, 2.24) is 4.31 Å². The lowest BCUT2D eigenvalue weighted by Gasteiger charge is -2.20. The normalized spacial score (nSPS) is 14.1. The van der Waals surface area contributed by atoms with Gasteiger partial charge in [-0.15, -0.1) is 0 Å². The third kappa shape index (κ3) is 6.02. The lowest BCUT2D eigenvalue weighted by molar-refractivity contribution is -0.144. The first kappa shape index (κ1) is 16.4. The molecule has 1 atom stereocenters. The van der Waals surface area contributed by atoms with Crippen molar-refractivity contribution in [2.75, 3.05) is 26.5 Å². The molecule has 0 aromatic rings. The highest BCUT2D eigenvalue weighted by Gasteiger charge is 2.23. The topological polar surface area (TPSA) is 63.7 Å². The molecule has 0 bridgehead atoms. The predicted molar refractivity (Wildman–Crippen MR) is 67.1 cm³/mol. The van der Waals surface area contributed by atoms with Gasteiger partial charge < -0.3 is 4.74 Å². The van der Waals surface area contributed by atoms with Gasteiger partial charge in [0.15, 0.2) is 0 Å². The van der Waals surface area contributed by atoms with Gasteiger partial charge in [-0.25, -0.2) is 12.7 Å². The van der Waals surface area contributed by atoms with Crippen molar-refractivity contribution < 1.29 is 17.9 Å². The Hall–Kier alpha value is -0.620. The Bertz CT molecular complexity index is 337. The third-order valence-electron chi connectivity index (χ3n) is 2.56. The maximum absolute atomic E-state index is 11.9. The Morgan fingerprint density at radius 1 is 1.29 bits per heavy atom. The molecule has 1 unspecified atom stereocenters. The predicted octanol–water partition coefficient (Wildman–Crippen LogP) is 1.10. The quantitative estimate of drug-likeness (QED) is 0.647. The molecular weight excluding hydrogens is 242 g/mol. The van der Waals surface area contributed by atoms with Crippen molar-refractivity contribution in [3.8, 4) is 0 Å². The fourth-order valence-electron chi connectivity index (χ4n) is 1.32. The number of methoxy groups -OCH3 is 1. The molecular formula is C11H23NO4S. The van der Waals surface area contributed by atoms with Crippen LogP contribution in [0.5, 0.6) is 0 Å². The molecule has 0 saturated carbocycles. The number of carbonyl (C=O) groups is 1. The van der Waals surface area contributed by atoms with Crippen LogP contribution in [0.2, 0.25) is 0 Å². The third-order valence-corrected chi connectivity index (χ3v) is 4.41. The fourth-order valence-corrected chi connectivity index (χ4v) is 2.85. The fraction of sp³-hybridized carbons (Fsp3) is 0.909. The molecule has 0 aromatic heterocycles. The van der Waals surface area contributed by atoms with E-state index in [2.05, 4.69) is 4.74 Å². The van der Waals surface area contributed by atoms with Crippen LogP contribution >= 0.6 is 0 Å². The van der Waals surface area contributed by atoms with E-state index in [1.54, 1.807) is 6.92 Å². The average Bonchev–Trinajstić information content (AvgIpc) is 2.25. The lowest BCUT2D eigenvalue weighted by atomic mass is 10.2. The lowest BCUT2D eigenvalue weighted by Crippen LogP contribution is -2.35. The summed E-state index contributed by atoms with van der Waals surface area (Å²) in [4.78, 5) is 11.2. The standard InChI is InChI=1S/C11H23NO4S/c1-9(2)6-7-17(14,15)12(4)8-10(3)11(13)16-5/h9-10H,6-8H2,1-5H3. The van der Waals surface area contributed by atoms with Crippen molar-refractivity contribution in [2.24, 2.45) is 11.8 Å². The van der Waals surface area contributed by atoms with Gasteiger partial charge in [-0.2, -0.15) is 0 Å². The van der Waals surface area contributed by atoms with E-state index < -0.39 is 21.9 Å². The highest BCUT2D eigenvalue weighted by molar-refractivity contribution is 7.89. The zero-order chi connectivity index (χ0) is 13.6. The van der Waals surface area contributed by atoms with Crippen molar-refractivity contribution in [2.45, 2.75) is 27.2 Å². The number of carbonyl (C=O) groups excluding carboxylic acids is 1. The minimum atomic E-state index is -3.27. The van der Waals surface area contributed by atoms with E-state index in [-0.39, 0.29) is 12.3 Å². The van der Waals surface area contributed by atoms with Gasteiger partial charge in [-0.05, 0) is 12.3 Å². The summed E-state index contributed by atoms with van der Waals surface area (Å²) in [6.07, 6.45) is 0.624. The number of hydrogen-bond acceptors (Lipinski definition) is 4. The van der Waals surface area contributed by atoms with Crippen LogP contribution in [0, 0.1) is 11.8 Å². The summed E-state index contributed by atoms with van der Waals surface area (Å²) < 4.78 is 29.5. The summed E-state index contributed by atoms with van der Waals surface area (Å²) in [5, 5.41) is 0. The first-order valence-corrected chi connectivity index (χ1v) is 7.33. The van der Waals surface area contributed by atoms with Crippen molar-refractivity contribution in [1.29, 1.82) is 0 Å². The molecule has 102 valence electrons. The van der Waals surface area contributed by atoms with Gasteiger partial charge in [0.1, 0.15) is 0 Å². The van der Waals surface area contributed by atoms with E-state index in [0.29, 0.717) is 12.3 Å². The smallest absolute Gasteiger partial charge is 0.309 e. The second kappa shape index (κ2) is 6.96. The Morgan fingerprint density at radius 2 is 1.82 bits per heavy atom. The van der Waals surface area contributed by atoms with Gasteiger partial charge >= 0.3 is 5.97 Å². The molecule has 0 aliphatic rings. The van der Waals surface area contributed by atoms with Crippen molar-refractivity contribution >= 4 is 16.0 Å². The minimum absolute atomic E-state index is 0.120. The molecule has 0 N–H and O–H groups in total. The molecule has 0 radical (unpaired) electrons. The zero-order valence-electron chi connectivity index (χ0n) is 11.3. The van der Waals surface area contributed by atoms with Crippen LogP contribution in [0.4, 0.5) is 0 Å². The first-order valence-electron chi connectivity index (χ1n) is 5.72. The van der Waals surface area contributed by atoms with E-state index in [1.165, 1.54) is 18.5 Å². The molecule has 0 aliphatic heterocycles. The van der Waals surface area contributed by atoms with Gasteiger partial charge in [0.05, 0.1) is 18.8 Å². The van der Waals surface area contributed by atoms with Gasteiger partial charge in [0, 0.05) is 13.6 Å². The van der Waals surface area contributed by atoms with E-state index in [9.17, 15) is 13.2 Å². The summed E-state index contributed by atoms with van der Waals surface area (Å²) in [6, 6.07) is 0. The Labute approximate surface area is 104 Å². The minimum Gasteiger partial charge on any atom is -0.469 e. The van der Waals surface area contributed by atoms with Crippen LogP contribution in [0.25, 0.3) is 0 Å². The second-order valence-corrected chi connectivity index (χ2v) is 6.90. The Balaban J connectivity index is 4.39. The average molecular weight is 265 g/mol. The first-order chi connectivity index (χ1) is 7.70. The molecule has 0 spiro atoms. The summed E-state index contributed by atoms with van der Waals surface area (Å²) in [6.45, 7) is 5.77. The van der Waals surface area contributed by atoms with E-state index in [0.717, 1.165) is 0 Å². The summed E-state index contributed by atoms with van der Waals surface area (Å²) in [5.74, 6) is -0.374. The molecule has 0 fully saturated rings. The molecule has 5 nitrogen and oxygen atoms in total. The summed E-state index contributed by atoms with van der Waals surface area (Å²) in [7, 11) is -0.474. The van der Waals surface area contributed by atoms with Crippen LogP contribution in [-0.2, 0) is 19.6 Å². The Kier molecular flexibility index (Phi) is 6.70. The highest BCUT2D eigenvalue weighted by atomic mass is 32.2. The Morgan fingerprint density at radius 3 is 2.24 bits per heavy atom. The zero-order valence-corrected chi connectivity index (χ0v) is 12.1. The maximum Gasteiger partial charge on any atom is 0.309 e. The van der Waals surface area contributed by atoms with Gasteiger partial charge in [0.2, 0.25) is 10.0 Å². The molecule has 0 aliphatic carbocycles. The molecule has 0 aromatic carbocycles. The van der Waals surface area contributed by atoms with Crippen LogP contribution in [-0.4, -0.2) is 45.1 Å². The van der Waals surface area contributed by atoms with Gasteiger partial charge in [0.25, 0.3) is 0 Å². The van der Waals surface area contributed by atoms with E-state index >= 15 is 0 Å². The second-order valence-electron chi connectivity index (χ2n) is 4.70. The molecule has 0 amide bonds. The number of nitrogens with zero attached hydrogens (tertiary/aromatic N) is 1. The number of sulfonamides is 1. The SMILES string of the molecule is COC(=O)C(C)CN(C)S(=O)(=O)CCC(C)C. The van der Waals surface area contributed by atoms with Gasteiger partial charge in [-0.3, -0.25) is 4.79 Å². The summed E-state index contributed by atoms with van der Waals surface area (Å²) in [5.41, 5.74) is 0. The number of ether oxygens (including phenoxy) is 1. The molecule has 6 heteroatoms. The van der Waals surface area contributed by atoms with Crippen LogP contribution < -0.4 is 0 Å². The summed E-state index contributed by atoms with van der Waals surface area (Å²) >= 11 is 0. The van der Waals surface area contributed by atoms with Crippen molar-refractivity contribution in [3.05, 3.63) is 0 Å². The van der Waals surface area contributed by atoms with Crippen molar-refractivity contribution in [3.63, 3.8) is 0 Å². The maximum atomic E-state index is 11.9.